The summed E-state index contributed by atoms with van der Waals surface area (Å²) in [4.78, 5) is 20.0. The van der Waals surface area contributed by atoms with Gasteiger partial charge in [-0.2, -0.15) is 0 Å². The van der Waals surface area contributed by atoms with E-state index in [0.29, 0.717) is 5.91 Å². The molecule has 6 heteroatoms. The van der Waals surface area contributed by atoms with E-state index in [1.54, 1.807) is 7.11 Å². The number of halogens is 1. The Morgan fingerprint density at radius 1 is 1.03 bits per heavy atom. The largest absolute Gasteiger partial charge is 0.495 e. The maximum atomic E-state index is 13.2. The molecule has 0 aromatic heterocycles. The highest BCUT2D eigenvalue weighted by atomic mass is 35.5. The number of ether oxygens (including phenoxy) is 1. The summed E-state index contributed by atoms with van der Waals surface area (Å²) in [5.74, 6) is 1.28. The van der Waals surface area contributed by atoms with Crippen LogP contribution in [-0.4, -0.2) is 62.1 Å². The first-order valence-corrected chi connectivity index (χ1v) is 11.2. The van der Waals surface area contributed by atoms with Gasteiger partial charge in [0.2, 0.25) is 5.91 Å². The average Bonchev–Trinajstić information content (AvgIpc) is 2.80. The molecule has 0 N–H and O–H groups in total. The number of piperazine rings is 1. The van der Waals surface area contributed by atoms with Crippen LogP contribution < -0.4 is 9.64 Å². The van der Waals surface area contributed by atoms with E-state index >= 15 is 0 Å². The minimum Gasteiger partial charge on any atom is -0.495 e. The maximum absolute atomic E-state index is 13.2. The Labute approximate surface area is 184 Å². The molecule has 0 radical (unpaired) electrons. The average molecular weight is 428 g/mol. The molecule has 160 valence electrons. The summed E-state index contributed by atoms with van der Waals surface area (Å²) in [6.07, 6.45) is 2.03. The third-order valence-electron chi connectivity index (χ3n) is 6.22. The number of rotatable bonds is 5. The second kappa shape index (κ2) is 9.71. The Balaban J connectivity index is 1.33. The highest BCUT2D eigenvalue weighted by molar-refractivity contribution is 6.31. The Morgan fingerprint density at radius 3 is 2.53 bits per heavy atom. The van der Waals surface area contributed by atoms with Gasteiger partial charge in [-0.15, -0.1) is 0 Å². The number of carbonyl (C=O) groups is 1. The molecule has 30 heavy (non-hydrogen) atoms. The van der Waals surface area contributed by atoms with Gasteiger partial charge in [-0.3, -0.25) is 9.69 Å². The minimum atomic E-state index is 0.0825. The van der Waals surface area contributed by atoms with E-state index in [9.17, 15) is 4.79 Å². The molecule has 0 bridgehead atoms. The molecule has 2 fully saturated rings. The number of carbonyl (C=O) groups excluding carboxylic acids is 1. The van der Waals surface area contributed by atoms with Crippen molar-refractivity contribution in [1.82, 2.24) is 9.80 Å². The molecular formula is C24H30ClN3O2. The van der Waals surface area contributed by atoms with Gasteiger partial charge in [-0.25, -0.2) is 0 Å². The smallest absolute Gasteiger partial charge is 0.227 e. The van der Waals surface area contributed by atoms with Crippen LogP contribution in [0.4, 0.5) is 5.69 Å². The molecule has 2 aliphatic heterocycles. The number of likely N-dealkylation sites (tertiary alicyclic amines) is 1. The second-order valence-electron chi connectivity index (χ2n) is 8.15. The monoisotopic (exact) mass is 427 g/mol. The number of para-hydroxylation sites is 2. The first-order valence-electron chi connectivity index (χ1n) is 10.8. The van der Waals surface area contributed by atoms with E-state index in [-0.39, 0.29) is 5.92 Å². The van der Waals surface area contributed by atoms with Crippen molar-refractivity contribution in [1.29, 1.82) is 0 Å². The summed E-state index contributed by atoms with van der Waals surface area (Å²) in [5.41, 5.74) is 2.24. The zero-order chi connectivity index (χ0) is 20.9. The molecule has 2 aliphatic rings. The molecule has 0 saturated carbocycles. The van der Waals surface area contributed by atoms with Crippen LogP contribution in [0.5, 0.6) is 5.75 Å². The molecule has 0 spiro atoms. The van der Waals surface area contributed by atoms with E-state index in [0.717, 1.165) is 80.7 Å². The Bertz CT molecular complexity index is 867. The van der Waals surface area contributed by atoms with Gasteiger partial charge >= 0.3 is 0 Å². The van der Waals surface area contributed by atoms with Crippen molar-refractivity contribution in [3.8, 4) is 5.75 Å². The van der Waals surface area contributed by atoms with Gasteiger partial charge in [0, 0.05) is 44.3 Å². The number of hydrogen-bond acceptors (Lipinski definition) is 4. The summed E-state index contributed by atoms with van der Waals surface area (Å²) in [6, 6.07) is 16.1. The lowest BCUT2D eigenvalue weighted by Crippen LogP contribution is -2.52. The van der Waals surface area contributed by atoms with Gasteiger partial charge < -0.3 is 14.5 Å². The Hall–Kier alpha value is -2.24. The normalized spacial score (nSPS) is 20.3. The van der Waals surface area contributed by atoms with Crippen molar-refractivity contribution in [2.75, 3.05) is 51.3 Å². The van der Waals surface area contributed by atoms with E-state index in [1.165, 1.54) is 0 Å². The van der Waals surface area contributed by atoms with E-state index in [1.807, 2.05) is 36.4 Å². The zero-order valence-corrected chi connectivity index (χ0v) is 18.4. The van der Waals surface area contributed by atoms with Crippen molar-refractivity contribution in [3.05, 3.63) is 59.1 Å². The fourth-order valence-corrected chi connectivity index (χ4v) is 4.78. The third-order valence-corrected chi connectivity index (χ3v) is 6.59. The van der Waals surface area contributed by atoms with E-state index in [4.69, 9.17) is 16.3 Å². The summed E-state index contributed by atoms with van der Waals surface area (Å²) in [5, 5.41) is 0.804. The molecule has 4 rings (SSSR count). The predicted octanol–water partition coefficient (Wildman–Crippen LogP) is 3.91. The fourth-order valence-electron chi connectivity index (χ4n) is 4.59. The van der Waals surface area contributed by atoms with Gasteiger partial charge in [0.15, 0.2) is 0 Å². The lowest BCUT2D eigenvalue weighted by Gasteiger charge is -2.40. The van der Waals surface area contributed by atoms with Crippen LogP contribution in [-0.2, 0) is 11.3 Å². The number of methoxy groups -OCH3 is 1. The number of benzene rings is 2. The lowest BCUT2D eigenvalue weighted by molar-refractivity contribution is -0.137. The molecule has 0 unspecified atom stereocenters. The van der Waals surface area contributed by atoms with Crippen LogP contribution in [0.25, 0.3) is 0 Å². The zero-order valence-electron chi connectivity index (χ0n) is 17.6. The molecule has 2 heterocycles. The molecule has 2 aromatic rings. The Kier molecular flexibility index (Phi) is 6.80. The van der Waals surface area contributed by atoms with Crippen molar-refractivity contribution in [2.45, 2.75) is 19.4 Å². The van der Waals surface area contributed by atoms with Crippen LogP contribution in [0.15, 0.2) is 48.5 Å². The number of anilines is 1. The second-order valence-corrected chi connectivity index (χ2v) is 8.56. The van der Waals surface area contributed by atoms with Crippen molar-refractivity contribution < 1.29 is 9.53 Å². The fraction of sp³-hybridized carbons (Fsp3) is 0.458. The molecule has 2 saturated heterocycles. The third kappa shape index (κ3) is 4.73. The summed E-state index contributed by atoms with van der Waals surface area (Å²) in [6.45, 7) is 5.85. The van der Waals surface area contributed by atoms with Crippen molar-refractivity contribution >= 4 is 23.2 Å². The predicted molar refractivity (Wildman–Crippen MR) is 121 cm³/mol. The number of amides is 1. The van der Waals surface area contributed by atoms with Crippen LogP contribution in [0.2, 0.25) is 5.02 Å². The maximum Gasteiger partial charge on any atom is 0.227 e. The standard InChI is InChI=1S/C24H30ClN3O2/c1-30-23-11-5-4-10-22(23)27-13-15-28(16-14-27)24(29)20-8-6-12-26(18-20)17-19-7-2-3-9-21(19)25/h2-5,7,9-11,20H,6,8,12-18H2,1H3/t20-/m1/s1. The quantitative estimate of drug-likeness (QED) is 0.724. The lowest BCUT2D eigenvalue weighted by atomic mass is 9.95. The summed E-state index contributed by atoms with van der Waals surface area (Å²) >= 11 is 6.33. The SMILES string of the molecule is COc1ccccc1N1CCN(C(=O)[C@@H]2CCCN(Cc3ccccc3Cl)C2)CC1. The van der Waals surface area contributed by atoms with Crippen LogP contribution in [0, 0.1) is 5.92 Å². The van der Waals surface area contributed by atoms with Gasteiger partial charge in [-0.05, 0) is 43.1 Å². The van der Waals surface area contributed by atoms with Gasteiger partial charge in [0.05, 0.1) is 18.7 Å². The van der Waals surface area contributed by atoms with Gasteiger partial charge in [0.1, 0.15) is 5.75 Å². The van der Waals surface area contributed by atoms with E-state index in [2.05, 4.69) is 26.8 Å². The number of hydrogen-bond donors (Lipinski definition) is 0. The van der Waals surface area contributed by atoms with Crippen molar-refractivity contribution in [3.63, 3.8) is 0 Å². The van der Waals surface area contributed by atoms with Crippen molar-refractivity contribution in [2.24, 2.45) is 5.92 Å². The molecule has 0 aliphatic carbocycles. The molecule has 1 amide bonds. The molecule has 2 aromatic carbocycles. The van der Waals surface area contributed by atoms with Gasteiger partial charge in [-0.1, -0.05) is 41.9 Å². The van der Waals surface area contributed by atoms with E-state index < -0.39 is 0 Å². The number of nitrogens with zero attached hydrogens (tertiary/aromatic N) is 3. The first kappa shape index (κ1) is 21.0. The van der Waals surface area contributed by atoms with Crippen LogP contribution in [0.3, 0.4) is 0 Å². The number of piperidine rings is 1. The summed E-state index contributed by atoms with van der Waals surface area (Å²) in [7, 11) is 1.70. The first-order chi connectivity index (χ1) is 14.7. The molecular weight excluding hydrogens is 398 g/mol. The highest BCUT2D eigenvalue weighted by Gasteiger charge is 2.31. The molecule has 1 atom stereocenters. The Morgan fingerprint density at radius 2 is 1.77 bits per heavy atom. The minimum absolute atomic E-state index is 0.0825. The van der Waals surface area contributed by atoms with Crippen LogP contribution >= 0.6 is 11.6 Å². The van der Waals surface area contributed by atoms with Gasteiger partial charge in [0.25, 0.3) is 0 Å². The molecule has 5 nitrogen and oxygen atoms in total. The van der Waals surface area contributed by atoms with Crippen LogP contribution in [0.1, 0.15) is 18.4 Å². The topological polar surface area (TPSA) is 36.0 Å². The highest BCUT2D eigenvalue weighted by Crippen LogP contribution is 2.29. The summed E-state index contributed by atoms with van der Waals surface area (Å²) < 4.78 is 5.50.